The van der Waals surface area contributed by atoms with E-state index in [1.165, 1.54) is 12.1 Å². The lowest BCUT2D eigenvalue weighted by molar-refractivity contribution is -0.147. The molecular formula is C29H35N5O8. The first-order valence-electron chi connectivity index (χ1n) is 13.3. The average molecular weight is 582 g/mol. The molecule has 0 saturated heterocycles. The number of carboxylic acid groups (broad SMARTS) is 2. The number of nitrogens with two attached hydrogens (primary N) is 1. The number of aromatic hydroxyl groups is 1. The zero-order valence-corrected chi connectivity index (χ0v) is 23.2. The zero-order chi connectivity index (χ0) is 31.0. The summed E-state index contributed by atoms with van der Waals surface area (Å²) in [5.41, 5.74) is 8.20. The molecule has 3 aromatic rings. The van der Waals surface area contributed by atoms with Crippen molar-refractivity contribution in [2.24, 2.45) is 11.7 Å². The number of benzene rings is 2. The zero-order valence-electron chi connectivity index (χ0n) is 23.2. The van der Waals surface area contributed by atoms with Crippen molar-refractivity contribution in [1.82, 2.24) is 20.9 Å². The Bertz CT molecular complexity index is 1440. The molecule has 3 amide bonds. The molecule has 9 N–H and O–H groups in total. The fourth-order valence-corrected chi connectivity index (χ4v) is 4.41. The van der Waals surface area contributed by atoms with Crippen molar-refractivity contribution in [3.05, 3.63) is 65.9 Å². The van der Waals surface area contributed by atoms with Crippen LogP contribution in [0.3, 0.4) is 0 Å². The number of fused-ring (bicyclic) bond motifs is 1. The number of nitrogens with one attached hydrogen (secondary N) is 4. The highest BCUT2D eigenvalue weighted by Crippen LogP contribution is 2.20. The van der Waals surface area contributed by atoms with E-state index in [9.17, 15) is 34.2 Å². The van der Waals surface area contributed by atoms with Gasteiger partial charge in [-0.3, -0.25) is 19.2 Å². The highest BCUT2D eigenvalue weighted by molar-refractivity contribution is 5.95. The SMILES string of the molecule is CC(C)C(NC(=O)C(N)Cc1ccc(O)cc1)C(=O)NC(Cc1c[nH]c2ccccc12)C(=O)NC(CC(=O)O)C(=O)O. The van der Waals surface area contributed by atoms with Crippen molar-refractivity contribution in [2.75, 3.05) is 0 Å². The Kier molecular flexibility index (Phi) is 10.6. The molecule has 4 atom stereocenters. The maximum absolute atomic E-state index is 13.5. The molecule has 0 aliphatic rings. The Morgan fingerprint density at radius 1 is 0.833 bits per heavy atom. The van der Waals surface area contributed by atoms with Gasteiger partial charge in [-0.2, -0.15) is 0 Å². The number of aromatic amines is 1. The van der Waals surface area contributed by atoms with E-state index in [0.717, 1.165) is 10.9 Å². The number of aromatic nitrogens is 1. The number of aliphatic carboxylic acids is 2. The van der Waals surface area contributed by atoms with Gasteiger partial charge in [0.1, 0.15) is 23.9 Å². The fourth-order valence-electron chi connectivity index (χ4n) is 4.41. The van der Waals surface area contributed by atoms with Crippen molar-refractivity contribution in [1.29, 1.82) is 0 Å². The number of para-hydroxylation sites is 1. The number of H-pyrrole nitrogens is 1. The molecule has 3 rings (SSSR count). The van der Waals surface area contributed by atoms with E-state index < -0.39 is 66.2 Å². The summed E-state index contributed by atoms with van der Waals surface area (Å²) in [7, 11) is 0. The summed E-state index contributed by atoms with van der Waals surface area (Å²) in [5.74, 6) is -5.55. The number of rotatable bonds is 14. The Hall–Kier alpha value is -4.91. The molecular weight excluding hydrogens is 546 g/mol. The lowest BCUT2D eigenvalue weighted by Gasteiger charge is -2.27. The fraction of sp³-hybridized carbons (Fsp3) is 0.345. The van der Waals surface area contributed by atoms with Crippen LogP contribution < -0.4 is 21.7 Å². The van der Waals surface area contributed by atoms with Gasteiger partial charge in [-0.25, -0.2) is 4.79 Å². The summed E-state index contributed by atoms with van der Waals surface area (Å²) in [5, 5.41) is 36.2. The van der Waals surface area contributed by atoms with Gasteiger partial charge in [-0.1, -0.05) is 44.2 Å². The standard InChI is InChI=1S/C29H35N5O8/c1-15(2)25(34-26(38)20(30)11-16-7-9-18(35)10-8-16)28(40)32-22(27(39)33-23(29(41)42)13-24(36)37)12-17-14-31-21-6-4-3-5-19(17)21/h3-10,14-15,20,22-23,25,31,35H,11-13,30H2,1-2H3,(H,32,40)(H,33,39)(H,34,38)(H,36,37)(H,41,42). The molecule has 0 fully saturated rings. The van der Waals surface area contributed by atoms with Gasteiger partial charge in [-0.05, 0) is 41.7 Å². The first kappa shape index (κ1) is 31.6. The molecule has 1 heterocycles. The third kappa shape index (κ3) is 8.54. The number of phenols is 1. The first-order valence-corrected chi connectivity index (χ1v) is 13.3. The van der Waals surface area contributed by atoms with Crippen molar-refractivity contribution in [3.8, 4) is 5.75 Å². The van der Waals surface area contributed by atoms with Crippen LogP contribution in [0.1, 0.15) is 31.4 Å². The van der Waals surface area contributed by atoms with E-state index >= 15 is 0 Å². The molecule has 13 heteroatoms. The minimum absolute atomic E-state index is 0.0554. The largest absolute Gasteiger partial charge is 0.508 e. The monoisotopic (exact) mass is 581 g/mol. The second kappa shape index (κ2) is 14.1. The van der Waals surface area contributed by atoms with Crippen LogP contribution in [0.15, 0.2) is 54.7 Å². The summed E-state index contributed by atoms with van der Waals surface area (Å²) in [4.78, 5) is 65.4. The second-order valence-electron chi connectivity index (χ2n) is 10.3. The van der Waals surface area contributed by atoms with Gasteiger partial charge in [0.25, 0.3) is 0 Å². The minimum Gasteiger partial charge on any atom is -0.508 e. The highest BCUT2D eigenvalue weighted by atomic mass is 16.4. The maximum atomic E-state index is 13.5. The molecule has 13 nitrogen and oxygen atoms in total. The van der Waals surface area contributed by atoms with Crippen LogP contribution in [0, 0.1) is 5.92 Å². The number of carbonyl (C=O) groups is 5. The molecule has 0 radical (unpaired) electrons. The Labute approximate surface area is 241 Å². The normalized spacial score (nSPS) is 14.0. The van der Waals surface area contributed by atoms with E-state index in [2.05, 4.69) is 20.9 Å². The highest BCUT2D eigenvalue weighted by Gasteiger charge is 2.33. The molecule has 2 aromatic carbocycles. The molecule has 0 bridgehead atoms. The van der Waals surface area contributed by atoms with Crippen LogP contribution in [0.4, 0.5) is 0 Å². The van der Waals surface area contributed by atoms with Gasteiger partial charge in [0.05, 0.1) is 12.5 Å². The van der Waals surface area contributed by atoms with Crippen LogP contribution in [0.5, 0.6) is 5.75 Å². The number of carbonyl (C=O) groups excluding carboxylic acids is 3. The maximum Gasteiger partial charge on any atom is 0.326 e. The lowest BCUT2D eigenvalue weighted by atomic mass is 9.99. The Morgan fingerprint density at radius 3 is 2.10 bits per heavy atom. The van der Waals surface area contributed by atoms with Crippen molar-refractivity contribution in [2.45, 2.75) is 57.3 Å². The van der Waals surface area contributed by atoms with Crippen molar-refractivity contribution < 1.29 is 39.3 Å². The topological polar surface area (TPSA) is 224 Å². The Balaban J connectivity index is 1.80. The number of phenolic OH excluding ortho intramolecular Hbond substituents is 1. The number of amides is 3. The number of hydrogen-bond acceptors (Lipinski definition) is 7. The molecule has 0 aliphatic carbocycles. The van der Waals surface area contributed by atoms with Crippen molar-refractivity contribution >= 4 is 40.6 Å². The third-order valence-electron chi connectivity index (χ3n) is 6.70. The quantitative estimate of drug-likeness (QED) is 0.134. The molecule has 0 saturated carbocycles. The summed E-state index contributed by atoms with van der Waals surface area (Å²) in [6.45, 7) is 3.39. The summed E-state index contributed by atoms with van der Waals surface area (Å²) < 4.78 is 0. The van der Waals surface area contributed by atoms with E-state index in [-0.39, 0.29) is 18.6 Å². The summed E-state index contributed by atoms with van der Waals surface area (Å²) >= 11 is 0. The van der Waals surface area contributed by atoms with Gasteiger partial charge in [0.2, 0.25) is 17.7 Å². The molecule has 0 spiro atoms. The third-order valence-corrected chi connectivity index (χ3v) is 6.70. The predicted octanol–water partition coefficient (Wildman–Crippen LogP) is 0.656. The van der Waals surface area contributed by atoms with Gasteiger partial charge in [0.15, 0.2) is 0 Å². The van der Waals surface area contributed by atoms with Gasteiger partial charge in [0, 0.05) is 23.5 Å². The lowest BCUT2D eigenvalue weighted by Crippen LogP contribution is -2.59. The van der Waals surface area contributed by atoms with Gasteiger partial charge < -0.3 is 42.0 Å². The van der Waals surface area contributed by atoms with E-state index in [0.29, 0.717) is 11.1 Å². The molecule has 0 aliphatic heterocycles. The van der Waals surface area contributed by atoms with E-state index in [4.69, 9.17) is 10.8 Å². The van der Waals surface area contributed by atoms with E-state index in [1.54, 1.807) is 38.2 Å². The van der Waals surface area contributed by atoms with Crippen LogP contribution in [0.2, 0.25) is 0 Å². The van der Waals surface area contributed by atoms with Crippen LogP contribution >= 0.6 is 0 Å². The second-order valence-corrected chi connectivity index (χ2v) is 10.3. The predicted molar refractivity (Wildman–Crippen MR) is 152 cm³/mol. The summed E-state index contributed by atoms with van der Waals surface area (Å²) in [6, 6.07) is 8.29. The molecule has 224 valence electrons. The number of carboxylic acids is 2. The first-order chi connectivity index (χ1) is 19.8. The van der Waals surface area contributed by atoms with Crippen LogP contribution in [0.25, 0.3) is 10.9 Å². The van der Waals surface area contributed by atoms with E-state index in [1.807, 2.05) is 18.2 Å². The number of hydrogen-bond donors (Lipinski definition) is 8. The van der Waals surface area contributed by atoms with Crippen LogP contribution in [-0.4, -0.2) is 74.1 Å². The Morgan fingerprint density at radius 2 is 1.48 bits per heavy atom. The molecule has 42 heavy (non-hydrogen) atoms. The molecule has 1 aromatic heterocycles. The summed E-state index contributed by atoms with van der Waals surface area (Å²) in [6.07, 6.45) is 0.885. The van der Waals surface area contributed by atoms with Crippen LogP contribution in [-0.2, 0) is 36.8 Å². The molecule has 4 unspecified atom stereocenters. The van der Waals surface area contributed by atoms with Gasteiger partial charge >= 0.3 is 11.9 Å². The van der Waals surface area contributed by atoms with Crippen molar-refractivity contribution in [3.63, 3.8) is 0 Å². The minimum atomic E-state index is -1.73. The average Bonchev–Trinajstić information content (AvgIpc) is 3.34. The van der Waals surface area contributed by atoms with Gasteiger partial charge in [-0.15, -0.1) is 0 Å². The smallest absolute Gasteiger partial charge is 0.326 e.